The van der Waals surface area contributed by atoms with Crippen LogP contribution in [0.2, 0.25) is 0 Å². The lowest BCUT2D eigenvalue weighted by atomic mass is 9.98. The predicted octanol–water partition coefficient (Wildman–Crippen LogP) is 1.38. The van der Waals surface area contributed by atoms with Crippen LogP contribution >= 0.6 is 7.82 Å². The largest absolute Gasteiger partial charge is 0.469 e. The number of esters is 1. The Bertz CT molecular complexity index is 290. The van der Waals surface area contributed by atoms with Crippen molar-refractivity contribution in [3.05, 3.63) is 12.7 Å². The van der Waals surface area contributed by atoms with Crippen LogP contribution in [-0.4, -0.2) is 28.0 Å². The summed E-state index contributed by atoms with van der Waals surface area (Å²) < 4.78 is 20.0. The summed E-state index contributed by atoms with van der Waals surface area (Å²) in [5, 5.41) is 0. The number of rotatable bonds is 7. The van der Waals surface area contributed by atoms with Crippen molar-refractivity contribution in [3.8, 4) is 0 Å². The monoisotopic (exact) mass is 252 g/mol. The summed E-state index contributed by atoms with van der Waals surface area (Å²) >= 11 is 0. The quantitative estimate of drug-likeness (QED) is 0.404. The minimum Gasteiger partial charge on any atom is -0.453 e. The van der Waals surface area contributed by atoms with Crippen molar-refractivity contribution in [2.75, 3.05) is 6.61 Å². The van der Waals surface area contributed by atoms with Gasteiger partial charge in [0.2, 0.25) is 0 Å². The lowest BCUT2D eigenvalue weighted by molar-refractivity contribution is -0.158. The topological polar surface area (TPSA) is 93.1 Å². The normalized spacial score (nSPS) is 12.2. The first-order chi connectivity index (χ1) is 7.28. The Kier molecular flexibility index (Phi) is 5.89. The molecule has 0 unspecified atom stereocenters. The summed E-state index contributed by atoms with van der Waals surface area (Å²) in [5.41, 5.74) is -1.02. The van der Waals surface area contributed by atoms with Gasteiger partial charge in [-0.05, 0) is 12.8 Å². The van der Waals surface area contributed by atoms with Gasteiger partial charge in [-0.3, -0.25) is 4.52 Å². The fourth-order valence-electron chi connectivity index (χ4n) is 1.08. The molecule has 0 aromatic rings. The van der Waals surface area contributed by atoms with E-state index in [0.717, 1.165) is 6.08 Å². The first kappa shape index (κ1) is 15.3. The molecule has 0 aromatic heterocycles. The van der Waals surface area contributed by atoms with Gasteiger partial charge in [0.1, 0.15) is 5.60 Å². The van der Waals surface area contributed by atoms with Gasteiger partial charge in [-0.15, -0.1) is 0 Å². The number of hydrogen-bond acceptors (Lipinski definition) is 4. The molecule has 0 saturated carbocycles. The summed E-state index contributed by atoms with van der Waals surface area (Å²) in [5.74, 6) is -0.641. The number of ether oxygens (including phenoxy) is 1. The zero-order valence-electron chi connectivity index (χ0n) is 9.38. The van der Waals surface area contributed by atoms with Gasteiger partial charge in [0, 0.05) is 6.08 Å². The Hall–Kier alpha value is -0.680. The van der Waals surface area contributed by atoms with E-state index >= 15 is 0 Å². The average molecular weight is 252 g/mol. The van der Waals surface area contributed by atoms with Gasteiger partial charge in [-0.25, -0.2) is 9.36 Å². The summed E-state index contributed by atoms with van der Waals surface area (Å²) in [6.07, 6.45) is 1.78. The molecule has 0 saturated heterocycles. The molecule has 6 nitrogen and oxygen atoms in total. The minimum absolute atomic E-state index is 0.343. The van der Waals surface area contributed by atoms with Crippen LogP contribution in [0.25, 0.3) is 0 Å². The van der Waals surface area contributed by atoms with Gasteiger partial charge in [0.05, 0.1) is 6.61 Å². The highest BCUT2D eigenvalue weighted by Gasteiger charge is 2.33. The summed E-state index contributed by atoms with van der Waals surface area (Å²) in [4.78, 5) is 28.3. The van der Waals surface area contributed by atoms with Crippen molar-refractivity contribution >= 4 is 13.8 Å². The van der Waals surface area contributed by atoms with Crippen LogP contribution in [0, 0.1) is 0 Å². The van der Waals surface area contributed by atoms with Crippen LogP contribution < -0.4 is 0 Å². The first-order valence-electron chi connectivity index (χ1n) is 4.84. The van der Waals surface area contributed by atoms with Crippen LogP contribution in [0.4, 0.5) is 0 Å². The fourth-order valence-corrected chi connectivity index (χ4v) is 1.49. The van der Waals surface area contributed by atoms with E-state index in [0.29, 0.717) is 12.8 Å². The highest BCUT2D eigenvalue weighted by molar-refractivity contribution is 7.46. The fraction of sp³-hybridized carbons (Fsp3) is 0.667. The molecule has 2 N–H and O–H groups in total. The highest BCUT2D eigenvalue weighted by Crippen LogP contribution is 2.38. The molecule has 0 aliphatic carbocycles. The van der Waals surface area contributed by atoms with Crippen molar-refractivity contribution in [1.29, 1.82) is 0 Å². The molecule has 94 valence electrons. The van der Waals surface area contributed by atoms with Crippen molar-refractivity contribution in [2.24, 2.45) is 0 Å². The van der Waals surface area contributed by atoms with Crippen molar-refractivity contribution in [1.82, 2.24) is 0 Å². The molecule has 7 heteroatoms. The molecule has 0 rings (SSSR count). The maximum atomic E-state index is 11.1. The number of phosphoric acid groups is 1. The number of carbonyl (C=O) groups is 1. The van der Waals surface area contributed by atoms with Crippen LogP contribution in [-0.2, 0) is 18.6 Å². The Morgan fingerprint density at radius 2 is 1.94 bits per heavy atom. The molecule has 0 spiro atoms. The second-order valence-electron chi connectivity index (χ2n) is 3.28. The van der Waals surface area contributed by atoms with Gasteiger partial charge in [-0.1, -0.05) is 20.4 Å². The van der Waals surface area contributed by atoms with E-state index < -0.39 is 19.4 Å². The first-order valence-corrected chi connectivity index (χ1v) is 6.37. The smallest absolute Gasteiger partial charge is 0.453 e. The Balaban J connectivity index is 4.62. The molecule has 0 bridgehead atoms. The Labute approximate surface area is 94.5 Å². The maximum Gasteiger partial charge on any atom is 0.469 e. The molecule has 0 heterocycles. The highest BCUT2D eigenvalue weighted by atomic mass is 31.2. The SMILES string of the molecule is C=CC(=O)OC(CC)(CC)COP(=O)(O)O. The van der Waals surface area contributed by atoms with Crippen LogP contribution in [0.5, 0.6) is 0 Å². The van der Waals surface area contributed by atoms with E-state index in [1.54, 1.807) is 13.8 Å². The Morgan fingerprint density at radius 1 is 1.44 bits per heavy atom. The van der Waals surface area contributed by atoms with Crippen LogP contribution in [0.3, 0.4) is 0 Å². The van der Waals surface area contributed by atoms with E-state index in [-0.39, 0.29) is 6.61 Å². The number of hydrogen-bond donors (Lipinski definition) is 2. The molecule has 0 atom stereocenters. The van der Waals surface area contributed by atoms with Gasteiger partial charge < -0.3 is 14.5 Å². The molecule has 0 amide bonds. The maximum absolute atomic E-state index is 11.1. The van der Waals surface area contributed by atoms with Crippen molar-refractivity contribution < 1.29 is 28.4 Å². The van der Waals surface area contributed by atoms with Gasteiger partial charge >= 0.3 is 13.8 Å². The van der Waals surface area contributed by atoms with E-state index in [2.05, 4.69) is 11.1 Å². The third-order valence-electron chi connectivity index (χ3n) is 2.27. The summed E-state index contributed by atoms with van der Waals surface area (Å²) in [6, 6.07) is 0. The van der Waals surface area contributed by atoms with Crippen LogP contribution in [0.15, 0.2) is 12.7 Å². The molecule has 0 aliphatic rings. The molecule has 0 radical (unpaired) electrons. The average Bonchev–Trinajstić information content (AvgIpc) is 2.23. The lowest BCUT2D eigenvalue weighted by Gasteiger charge is -2.30. The van der Waals surface area contributed by atoms with Gasteiger partial charge in [-0.2, -0.15) is 0 Å². The van der Waals surface area contributed by atoms with E-state index in [1.165, 1.54) is 0 Å². The standard InChI is InChI=1S/C9H17O6P/c1-4-8(10)15-9(5-2,6-3)7-14-16(11,12)13/h4H,1,5-7H2,2-3H3,(H2,11,12,13). The summed E-state index contributed by atoms with van der Waals surface area (Å²) in [6.45, 7) is 6.39. The number of phosphoric ester groups is 1. The molecule has 0 fully saturated rings. The van der Waals surface area contributed by atoms with Gasteiger partial charge in [0.15, 0.2) is 0 Å². The molecule has 0 aliphatic heterocycles. The second-order valence-corrected chi connectivity index (χ2v) is 4.52. The predicted molar refractivity (Wildman–Crippen MR) is 57.6 cm³/mol. The zero-order chi connectivity index (χ0) is 12.8. The van der Waals surface area contributed by atoms with Crippen LogP contribution in [0.1, 0.15) is 26.7 Å². The van der Waals surface area contributed by atoms with Gasteiger partial charge in [0.25, 0.3) is 0 Å². The van der Waals surface area contributed by atoms with Crippen molar-refractivity contribution in [3.63, 3.8) is 0 Å². The zero-order valence-corrected chi connectivity index (χ0v) is 10.3. The summed E-state index contributed by atoms with van der Waals surface area (Å²) in [7, 11) is -4.56. The van der Waals surface area contributed by atoms with E-state index in [4.69, 9.17) is 14.5 Å². The minimum atomic E-state index is -4.56. The third kappa shape index (κ3) is 5.42. The molecular formula is C9H17O6P. The molecule has 0 aromatic carbocycles. The molecular weight excluding hydrogens is 235 g/mol. The van der Waals surface area contributed by atoms with Crippen molar-refractivity contribution in [2.45, 2.75) is 32.3 Å². The Morgan fingerprint density at radius 3 is 2.25 bits per heavy atom. The van der Waals surface area contributed by atoms with E-state index in [1.807, 2.05) is 0 Å². The van der Waals surface area contributed by atoms with E-state index in [9.17, 15) is 9.36 Å². The number of carbonyl (C=O) groups excluding carboxylic acids is 1. The lowest BCUT2D eigenvalue weighted by Crippen LogP contribution is -2.38. The molecule has 16 heavy (non-hydrogen) atoms. The third-order valence-corrected chi connectivity index (χ3v) is 2.73. The second kappa shape index (κ2) is 6.15.